The highest BCUT2D eigenvalue weighted by molar-refractivity contribution is 7.10. The predicted molar refractivity (Wildman–Crippen MR) is 84.7 cm³/mol. The summed E-state index contributed by atoms with van der Waals surface area (Å²) in [6.45, 7) is 5.25. The van der Waals surface area contributed by atoms with Crippen molar-refractivity contribution in [1.29, 1.82) is 0 Å². The Morgan fingerprint density at radius 3 is 2.70 bits per heavy atom. The highest BCUT2D eigenvalue weighted by atomic mass is 32.1. The highest BCUT2D eigenvalue weighted by Crippen LogP contribution is 2.30. The maximum Gasteiger partial charge on any atom is 0.241 e. The Hall–Kier alpha value is -0.870. The minimum Gasteiger partial charge on any atom is -0.321 e. The van der Waals surface area contributed by atoms with Gasteiger partial charge in [-0.05, 0) is 24.3 Å². The number of unbranched alkanes of at least 4 members (excludes halogenated alkanes) is 3. The van der Waals surface area contributed by atoms with Crippen molar-refractivity contribution in [2.24, 2.45) is 0 Å². The zero-order chi connectivity index (χ0) is 14.4. The molecule has 20 heavy (non-hydrogen) atoms. The molecule has 1 aromatic heterocycles. The van der Waals surface area contributed by atoms with Crippen molar-refractivity contribution >= 4 is 17.2 Å². The van der Waals surface area contributed by atoms with E-state index in [1.54, 1.807) is 11.3 Å². The summed E-state index contributed by atoms with van der Waals surface area (Å²) < 4.78 is 0. The van der Waals surface area contributed by atoms with E-state index < -0.39 is 0 Å². The first-order valence-corrected chi connectivity index (χ1v) is 8.75. The Kier molecular flexibility index (Phi) is 6.05. The molecule has 2 heterocycles. The summed E-state index contributed by atoms with van der Waals surface area (Å²) in [5, 5.41) is 5.63. The molecule has 3 nitrogen and oxygen atoms in total. The molecule has 1 aliphatic heterocycles. The molecular formula is C16H26N2OS. The van der Waals surface area contributed by atoms with E-state index in [1.807, 2.05) is 0 Å². The number of amides is 1. The summed E-state index contributed by atoms with van der Waals surface area (Å²) in [5.41, 5.74) is 0. The standard InChI is InChI=1S/C16H26N2OS/c1-3-5-7-11-18-15(14-10-8-12-20-14)17-13(16(18)19)9-6-4-2/h8,10,12-13,15,17H,3-7,9,11H2,1-2H3. The molecule has 0 radical (unpaired) electrons. The second-order valence-corrected chi connectivity index (χ2v) is 6.50. The molecule has 4 heteroatoms. The Balaban J connectivity index is 2.04. The molecule has 1 aromatic rings. The van der Waals surface area contributed by atoms with Crippen LogP contribution in [-0.2, 0) is 4.79 Å². The van der Waals surface area contributed by atoms with Crippen molar-refractivity contribution in [3.8, 4) is 0 Å². The molecule has 1 fully saturated rings. The van der Waals surface area contributed by atoms with E-state index in [9.17, 15) is 4.79 Å². The molecule has 1 amide bonds. The number of thiophene rings is 1. The van der Waals surface area contributed by atoms with Crippen molar-refractivity contribution < 1.29 is 4.79 Å². The summed E-state index contributed by atoms with van der Waals surface area (Å²) in [5.74, 6) is 0.299. The van der Waals surface area contributed by atoms with Crippen molar-refractivity contribution in [3.63, 3.8) is 0 Å². The normalized spacial score (nSPS) is 22.7. The van der Waals surface area contributed by atoms with Crippen molar-refractivity contribution in [1.82, 2.24) is 10.2 Å². The lowest BCUT2D eigenvalue weighted by Gasteiger charge is -2.23. The van der Waals surface area contributed by atoms with Gasteiger partial charge in [0.05, 0.1) is 6.04 Å². The molecule has 0 spiro atoms. The first-order chi connectivity index (χ1) is 9.77. The average Bonchev–Trinajstić information content (AvgIpc) is 3.07. The van der Waals surface area contributed by atoms with Gasteiger partial charge in [0.15, 0.2) is 0 Å². The molecule has 0 aliphatic carbocycles. The molecule has 1 N–H and O–H groups in total. The average molecular weight is 294 g/mol. The molecule has 112 valence electrons. The van der Waals surface area contributed by atoms with Crippen LogP contribution in [0.5, 0.6) is 0 Å². The minimum absolute atomic E-state index is 0.0173. The predicted octanol–water partition coefficient (Wildman–Crippen LogP) is 3.93. The van der Waals surface area contributed by atoms with Gasteiger partial charge in [0, 0.05) is 11.4 Å². The number of hydrogen-bond donors (Lipinski definition) is 1. The van der Waals surface area contributed by atoms with E-state index in [0.717, 1.165) is 32.2 Å². The maximum atomic E-state index is 12.6. The van der Waals surface area contributed by atoms with Gasteiger partial charge < -0.3 is 4.90 Å². The van der Waals surface area contributed by atoms with Crippen LogP contribution in [0.1, 0.15) is 63.4 Å². The van der Waals surface area contributed by atoms with Crippen LogP contribution in [0.3, 0.4) is 0 Å². The fourth-order valence-corrected chi connectivity index (χ4v) is 3.54. The maximum absolute atomic E-state index is 12.6. The lowest BCUT2D eigenvalue weighted by atomic mass is 10.1. The van der Waals surface area contributed by atoms with E-state index in [1.165, 1.54) is 17.7 Å². The number of carbonyl (C=O) groups excluding carboxylic acids is 1. The Bertz CT molecular complexity index is 405. The SMILES string of the molecule is CCCCCN1C(=O)C(CCCC)NC1c1cccs1. The fraction of sp³-hybridized carbons (Fsp3) is 0.688. The molecule has 0 aromatic carbocycles. The van der Waals surface area contributed by atoms with Crippen LogP contribution in [-0.4, -0.2) is 23.4 Å². The van der Waals surface area contributed by atoms with Crippen LogP contribution in [0.4, 0.5) is 0 Å². The Morgan fingerprint density at radius 1 is 1.25 bits per heavy atom. The molecule has 0 bridgehead atoms. The molecule has 1 aliphatic rings. The minimum atomic E-state index is 0.0173. The smallest absolute Gasteiger partial charge is 0.241 e. The van der Waals surface area contributed by atoms with Crippen LogP contribution in [0, 0.1) is 0 Å². The number of carbonyl (C=O) groups is 1. The van der Waals surface area contributed by atoms with Crippen molar-refractivity contribution in [2.45, 2.75) is 64.6 Å². The van der Waals surface area contributed by atoms with Crippen molar-refractivity contribution in [3.05, 3.63) is 22.4 Å². The summed E-state index contributed by atoms with van der Waals surface area (Å²) in [7, 11) is 0. The molecular weight excluding hydrogens is 268 g/mol. The summed E-state index contributed by atoms with van der Waals surface area (Å²) >= 11 is 1.73. The summed E-state index contributed by atoms with van der Waals surface area (Å²) in [6.07, 6.45) is 6.81. The second kappa shape index (κ2) is 7.79. The number of nitrogens with one attached hydrogen (secondary N) is 1. The third kappa shape index (κ3) is 3.61. The van der Waals surface area contributed by atoms with Gasteiger partial charge in [-0.3, -0.25) is 10.1 Å². The molecule has 2 unspecified atom stereocenters. The fourth-order valence-electron chi connectivity index (χ4n) is 2.75. The van der Waals surface area contributed by atoms with Gasteiger partial charge in [-0.1, -0.05) is 45.6 Å². The lowest BCUT2D eigenvalue weighted by molar-refractivity contribution is -0.130. The van der Waals surface area contributed by atoms with E-state index in [-0.39, 0.29) is 12.2 Å². The first-order valence-electron chi connectivity index (χ1n) is 7.87. The molecule has 0 saturated carbocycles. The summed E-state index contributed by atoms with van der Waals surface area (Å²) in [4.78, 5) is 15.9. The van der Waals surface area contributed by atoms with E-state index in [4.69, 9.17) is 0 Å². The van der Waals surface area contributed by atoms with Gasteiger partial charge in [0.25, 0.3) is 0 Å². The van der Waals surface area contributed by atoms with Gasteiger partial charge in [-0.15, -0.1) is 11.3 Å². The second-order valence-electron chi connectivity index (χ2n) is 5.52. The first kappa shape index (κ1) is 15.5. The molecule has 2 atom stereocenters. The van der Waals surface area contributed by atoms with Gasteiger partial charge in [-0.25, -0.2) is 0 Å². The summed E-state index contributed by atoms with van der Waals surface area (Å²) in [6, 6.07) is 4.21. The largest absolute Gasteiger partial charge is 0.321 e. The zero-order valence-electron chi connectivity index (χ0n) is 12.6. The topological polar surface area (TPSA) is 32.3 Å². The zero-order valence-corrected chi connectivity index (χ0v) is 13.4. The third-order valence-electron chi connectivity index (χ3n) is 3.91. The van der Waals surface area contributed by atoms with E-state index >= 15 is 0 Å². The van der Waals surface area contributed by atoms with E-state index in [2.05, 4.69) is 41.6 Å². The van der Waals surface area contributed by atoms with Gasteiger partial charge in [-0.2, -0.15) is 0 Å². The third-order valence-corrected chi connectivity index (χ3v) is 4.84. The van der Waals surface area contributed by atoms with Gasteiger partial charge >= 0.3 is 0 Å². The van der Waals surface area contributed by atoms with Crippen LogP contribution in [0.25, 0.3) is 0 Å². The van der Waals surface area contributed by atoms with Crippen LogP contribution in [0.15, 0.2) is 17.5 Å². The van der Waals surface area contributed by atoms with Gasteiger partial charge in [0.1, 0.15) is 6.17 Å². The number of rotatable bonds is 8. The van der Waals surface area contributed by atoms with E-state index in [0.29, 0.717) is 5.91 Å². The monoisotopic (exact) mass is 294 g/mol. The van der Waals surface area contributed by atoms with Crippen LogP contribution >= 0.6 is 11.3 Å². The molecule has 2 rings (SSSR count). The molecule has 1 saturated heterocycles. The number of hydrogen-bond acceptors (Lipinski definition) is 3. The highest BCUT2D eigenvalue weighted by Gasteiger charge is 2.38. The number of nitrogens with zero attached hydrogens (tertiary/aromatic N) is 1. The quantitative estimate of drug-likeness (QED) is 0.737. The van der Waals surface area contributed by atoms with Crippen LogP contribution < -0.4 is 5.32 Å². The Labute approximate surface area is 126 Å². The van der Waals surface area contributed by atoms with Crippen LogP contribution in [0.2, 0.25) is 0 Å². The van der Waals surface area contributed by atoms with Crippen molar-refractivity contribution in [2.75, 3.05) is 6.54 Å². The lowest BCUT2D eigenvalue weighted by Crippen LogP contribution is -2.31. The Morgan fingerprint density at radius 2 is 2.05 bits per heavy atom. The van der Waals surface area contributed by atoms with Gasteiger partial charge in [0.2, 0.25) is 5.91 Å².